The Balaban J connectivity index is 1.81. The first-order chi connectivity index (χ1) is 7.16. The first-order valence-corrected chi connectivity index (χ1v) is 5.33. The highest BCUT2D eigenvalue weighted by atomic mass is 35.5. The van der Waals surface area contributed by atoms with Gasteiger partial charge in [0.15, 0.2) is 11.0 Å². The fourth-order valence-electron chi connectivity index (χ4n) is 1.43. The summed E-state index contributed by atoms with van der Waals surface area (Å²) in [5.41, 5.74) is 5.84. The number of hydrogen-bond donors (Lipinski definition) is 2. The molecule has 2 rings (SSSR count). The second-order valence-electron chi connectivity index (χ2n) is 3.82. The van der Waals surface area contributed by atoms with Crippen molar-refractivity contribution in [2.75, 3.05) is 6.54 Å². The number of halogens is 1. The van der Waals surface area contributed by atoms with Crippen molar-refractivity contribution in [1.29, 1.82) is 0 Å². The molecule has 82 valence electrons. The van der Waals surface area contributed by atoms with Crippen LogP contribution in [0.15, 0.2) is 16.5 Å². The number of furan rings is 1. The number of hydrogen-bond acceptors (Lipinski definition) is 3. The van der Waals surface area contributed by atoms with Gasteiger partial charge in [0.25, 0.3) is 5.91 Å². The van der Waals surface area contributed by atoms with Gasteiger partial charge in [0, 0.05) is 12.6 Å². The van der Waals surface area contributed by atoms with Gasteiger partial charge >= 0.3 is 0 Å². The summed E-state index contributed by atoms with van der Waals surface area (Å²) in [6.07, 6.45) is 2.34. The SMILES string of the molecule is NC(CNC(=O)c1ccc(Cl)o1)C1CC1. The second kappa shape index (κ2) is 4.24. The third kappa shape index (κ3) is 2.73. The van der Waals surface area contributed by atoms with Gasteiger partial charge in [-0.2, -0.15) is 0 Å². The van der Waals surface area contributed by atoms with Gasteiger partial charge in [-0.25, -0.2) is 0 Å². The molecule has 1 aliphatic rings. The highest BCUT2D eigenvalue weighted by molar-refractivity contribution is 6.29. The van der Waals surface area contributed by atoms with Gasteiger partial charge in [-0.3, -0.25) is 4.79 Å². The fraction of sp³-hybridized carbons (Fsp3) is 0.500. The van der Waals surface area contributed by atoms with E-state index in [0.29, 0.717) is 12.5 Å². The van der Waals surface area contributed by atoms with E-state index in [1.165, 1.54) is 18.9 Å². The molecular formula is C10H13ClN2O2. The van der Waals surface area contributed by atoms with E-state index in [1.54, 1.807) is 6.07 Å². The summed E-state index contributed by atoms with van der Waals surface area (Å²) in [6.45, 7) is 0.488. The van der Waals surface area contributed by atoms with Crippen LogP contribution >= 0.6 is 11.6 Å². The Hall–Kier alpha value is -1.00. The van der Waals surface area contributed by atoms with Crippen LogP contribution in [0.25, 0.3) is 0 Å². The molecule has 0 bridgehead atoms. The maximum atomic E-state index is 11.5. The van der Waals surface area contributed by atoms with Crippen molar-refractivity contribution in [3.05, 3.63) is 23.1 Å². The standard InChI is InChI=1S/C10H13ClN2O2/c11-9-4-3-8(15-9)10(14)13-5-7(12)6-1-2-6/h3-4,6-7H,1-2,5,12H2,(H,13,14). The van der Waals surface area contributed by atoms with Crippen LogP contribution in [0.4, 0.5) is 0 Å². The van der Waals surface area contributed by atoms with E-state index in [0.717, 1.165) is 0 Å². The molecule has 1 saturated carbocycles. The zero-order valence-corrected chi connectivity index (χ0v) is 8.96. The number of rotatable bonds is 4. The Labute approximate surface area is 92.8 Å². The van der Waals surface area contributed by atoms with Crippen LogP contribution in [0.2, 0.25) is 5.22 Å². The first kappa shape index (κ1) is 10.5. The molecule has 3 N–H and O–H groups in total. The Morgan fingerprint density at radius 3 is 2.93 bits per heavy atom. The molecule has 0 aliphatic heterocycles. The smallest absolute Gasteiger partial charge is 0.287 e. The van der Waals surface area contributed by atoms with Gasteiger partial charge in [-0.15, -0.1) is 0 Å². The zero-order valence-electron chi connectivity index (χ0n) is 8.20. The summed E-state index contributed by atoms with van der Waals surface area (Å²) in [4.78, 5) is 11.5. The Morgan fingerprint density at radius 1 is 1.67 bits per heavy atom. The lowest BCUT2D eigenvalue weighted by atomic mass is 10.2. The molecule has 1 heterocycles. The maximum absolute atomic E-state index is 11.5. The van der Waals surface area contributed by atoms with E-state index in [-0.39, 0.29) is 22.9 Å². The van der Waals surface area contributed by atoms with E-state index in [2.05, 4.69) is 5.32 Å². The summed E-state index contributed by atoms with van der Waals surface area (Å²) in [5.74, 6) is 0.534. The van der Waals surface area contributed by atoms with Crippen molar-refractivity contribution < 1.29 is 9.21 Å². The number of carbonyl (C=O) groups excluding carboxylic acids is 1. The van der Waals surface area contributed by atoms with E-state index < -0.39 is 0 Å². The van der Waals surface area contributed by atoms with Gasteiger partial charge in [-0.05, 0) is 42.5 Å². The molecule has 0 spiro atoms. The molecule has 15 heavy (non-hydrogen) atoms. The number of carbonyl (C=O) groups is 1. The fourth-order valence-corrected chi connectivity index (χ4v) is 1.57. The molecular weight excluding hydrogens is 216 g/mol. The van der Waals surface area contributed by atoms with Gasteiger partial charge in [0.2, 0.25) is 0 Å². The molecule has 1 atom stereocenters. The molecule has 0 radical (unpaired) electrons. The molecule has 1 amide bonds. The number of amides is 1. The van der Waals surface area contributed by atoms with Crippen molar-refractivity contribution in [3.63, 3.8) is 0 Å². The van der Waals surface area contributed by atoms with E-state index in [9.17, 15) is 4.79 Å². The van der Waals surface area contributed by atoms with Crippen LogP contribution in [0.5, 0.6) is 0 Å². The largest absolute Gasteiger partial charge is 0.440 e. The topological polar surface area (TPSA) is 68.3 Å². The Morgan fingerprint density at radius 2 is 2.40 bits per heavy atom. The van der Waals surface area contributed by atoms with Crippen LogP contribution in [-0.4, -0.2) is 18.5 Å². The minimum atomic E-state index is -0.266. The average Bonchev–Trinajstić information content (AvgIpc) is 2.97. The summed E-state index contributed by atoms with van der Waals surface area (Å²) in [5, 5.41) is 2.93. The summed E-state index contributed by atoms with van der Waals surface area (Å²) < 4.78 is 4.97. The first-order valence-electron chi connectivity index (χ1n) is 4.96. The zero-order chi connectivity index (χ0) is 10.8. The molecule has 1 fully saturated rings. The van der Waals surface area contributed by atoms with Gasteiger partial charge in [0.05, 0.1) is 0 Å². The van der Waals surface area contributed by atoms with Crippen LogP contribution in [0, 0.1) is 5.92 Å². The lowest BCUT2D eigenvalue weighted by molar-refractivity contribution is 0.0922. The van der Waals surface area contributed by atoms with E-state index in [4.69, 9.17) is 21.8 Å². The third-order valence-corrected chi connectivity index (χ3v) is 2.73. The third-order valence-electron chi connectivity index (χ3n) is 2.52. The average molecular weight is 229 g/mol. The lowest BCUT2D eigenvalue weighted by Crippen LogP contribution is -2.38. The highest BCUT2D eigenvalue weighted by Crippen LogP contribution is 2.31. The number of nitrogens with one attached hydrogen (secondary N) is 1. The normalized spacial score (nSPS) is 17.5. The van der Waals surface area contributed by atoms with Crippen LogP contribution in [0.1, 0.15) is 23.4 Å². The number of nitrogens with two attached hydrogens (primary N) is 1. The van der Waals surface area contributed by atoms with Crippen molar-refractivity contribution in [1.82, 2.24) is 5.32 Å². The van der Waals surface area contributed by atoms with Crippen LogP contribution < -0.4 is 11.1 Å². The van der Waals surface area contributed by atoms with Crippen molar-refractivity contribution >= 4 is 17.5 Å². The summed E-state index contributed by atoms with van der Waals surface area (Å²) >= 11 is 5.56. The quantitative estimate of drug-likeness (QED) is 0.819. The predicted octanol–water partition coefficient (Wildman–Crippen LogP) is 1.40. The van der Waals surface area contributed by atoms with Gasteiger partial charge in [-0.1, -0.05) is 0 Å². The minimum Gasteiger partial charge on any atom is -0.440 e. The highest BCUT2D eigenvalue weighted by Gasteiger charge is 2.28. The molecule has 1 aromatic heterocycles. The molecule has 1 unspecified atom stereocenters. The van der Waals surface area contributed by atoms with Gasteiger partial charge in [0.1, 0.15) is 0 Å². The molecule has 1 aromatic rings. The lowest BCUT2D eigenvalue weighted by Gasteiger charge is -2.10. The van der Waals surface area contributed by atoms with Crippen LogP contribution in [0.3, 0.4) is 0 Å². The van der Waals surface area contributed by atoms with Crippen molar-refractivity contribution in [2.45, 2.75) is 18.9 Å². The molecule has 5 heteroatoms. The van der Waals surface area contributed by atoms with Crippen molar-refractivity contribution in [2.24, 2.45) is 11.7 Å². The minimum absolute atomic E-state index is 0.0550. The molecule has 0 saturated heterocycles. The van der Waals surface area contributed by atoms with E-state index in [1.807, 2.05) is 0 Å². The Kier molecular flexibility index (Phi) is 2.98. The molecule has 0 aromatic carbocycles. The molecule has 1 aliphatic carbocycles. The maximum Gasteiger partial charge on any atom is 0.287 e. The molecule has 4 nitrogen and oxygen atoms in total. The summed E-state index contributed by atoms with van der Waals surface area (Å²) in [7, 11) is 0. The predicted molar refractivity (Wildman–Crippen MR) is 56.8 cm³/mol. The van der Waals surface area contributed by atoms with Crippen molar-refractivity contribution in [3.8, 4) is 0 Å². The monoisotopic (exact) mass is 228 g/mol. The van der Waals surface area contributed by atoms with E-state index >= 15 is 0 Å². The second-order valence-corrected chi connectivity index (χ2v) is 4.19. The Bertz CT molecular complexity index is 360. The summed E-state index contributed by atoms with van der Waals surface area (Å²) in [6, 6.07) is 3.14. The van der Waals surface area contributed by atoms with Crippen LogP contribution in [-0.2, 0) is 0 Å². The van der Waals surface area contributed by atoms with Gasteiger partial charge < -0.3 is 15.5 Å².